The summed E-state index contributed by atoms with van der Waals surface area (Å²) in [6, 6.07) is 10.7. The van der Waals surface area contributed by atoms with Gasteiger partial charge in [-0.3, -0.25) is 0 Å². The van der Waals surface area contributed by atoms with Gasteiger partial charge in [0.2, 0.25) is 0 Å². The van der Waals surface area contributed by atoms with Gasteiger partial charge in [-0.1, -0.05) is 18.2 Å². The third-order valence-corrected chi connectivity index (χ3v) is 4.13. The van der Waals surface area contributed by atoms with E-state index in [1.807, 2.05) is 22.8 Å². The summed E-state index contributed by atoms with van der Waals surface area (Å²) in [6.45, 7) is 4.16. The van der Waals surface area contributed by atoms with Crippen LogP contribution in [-0.4, -0.2) is 20.3 Å². The molecule has 1 N–H and O–H groups in total. The molecule has 0 atom stereocenters. The van der Waals surface area contributed by atoms with Crippen LogP contribution in [0.5, 0.6) is 0 Å². The number of imidazole rings is 1. The van der Waals surface area contributed by atoms with Crippen molar-refractivity contribution in [2.24, 2.45) is 0 Å². The van der Waals surface area contributed by atoms with E-state index in [-0.39, 0.29) is 0 Å². The van der Waals surface area contributed by atoms with E-state index in [9.17, 15) is 18.3 Å². The zero-order chi connectivity index (χ0) is 18.2. The van der Waals surface area contributed by atoms with Crippen LogP contribution in [0.3, 0.4) is 0 Å². The molecule has 0 unspecified atom stereocenters. The van der Waals surface area contributed by atoms with Crippen LogP contribution in [0, 0.1) is 0 Å². The molecule has 3 rings (SSSR count). The van der Waals surface area contributed by atoms with E-state index in [0.717, 1.165) is 28.7 Å². The van der Waals surface area contributed by atoms with Crippen molar-refractivity contribution >= 4 is 11.0 Å². The molecule has 1 aromatic heterocycles. The summed E-state index contributed by atoms with van der Waals surface area (Å²) >= 11 is 0. The van der Waals surface area contributed by atoms with E-state index >= 15 is 0 Å². The van der Waals surface area contributed by atoms with Gasteiger partial charge in [0.05, 0.1) is 28.5 Å². The Morgan fingerprint density at radius 1 is 1.00 bits per heavy atom. The van der Waals surface area contributed by atoms with Crippen LogP contribution < -0.4 is 0 Å². The van der Waals surface area contributed by atoms with Crippen molar-refractivity contribution in [3.8, 4) is 11.1 Å². The Balaban J connectivity index is 1.87. The lowest BCUT2D eigenvalue weighted by Gasteiger charge is -2.17. The molecular formula is C19H19F3N2O. The summed E-state index contributed by atoms with van der Waals surface area (Å²) in [6.07, 6.45) is -2.02. The summed E-state index contributed by atoms with van der Waals surface area (Å²) in [5.74, 6) is 0. The number of aliphatic hydroxyl groups is 1. The number of fused-ring (bicyclic) bond motifs is 1. The number of hydrogen-bond donors (Lipinski definition) is 1. The molecule has 0 aliphatic heterocycles. The third-order valence-electron chi connectivity index (χ3n) is 4.13. The van der Waals surface area contributed by atoms with Crippen LogP contribution >= 0.6 is 0 Å². The number of aryl methyl sites for hydroxylation is 1. The number of rotatable bonds is 4. The quantitative estimate of drug-likeness (QED) is 0.729. The van der Waals surface area contributed by atoms with E-state index in [4.69, 9.17) is 0 Å². The zero-order valence-electron chi connectivity index (χ0n) is 14.0. The van der Waals surface area contributed by atoms with Gasteiger partial charge >= 0.3 is 6.18 Å². The number of halogens is 3. The molecule has 2 aromatic carbocycles. The number of aromatic nitrogens is 2. The summed E-state index contributed by atoms with van der Waals surface area (Å²) < 4.78 is 39.9. The normalized spacial score (nSPS) is 12.7. The molecule has 0 saturated carbocycles. The Hall–Kier alpha value is -2.34. The van der Waals surface area contributed by atoms with E-state index in [0.29, 0.717) is 18.5 Å². The molecular weight excluding hydrogens is 329 g/mol. The predicted molar refractivity (Wildman–Crippen MR) is 91.1 cm³/mol. The van der Waals surface area contributed by atoms with Crippen molar-refractivity contribution in [3.05, 3.63) is 54.4 Å². The second-order valence-corrected chi connectivity index (χ2v) is 6.78. The van der Waals surface area contributed by atoms with E-state index < -0.39 is 17.3 Å². The lowest BCUT2D eigenvalue weighted by molar-refractivity contribution is -0.137. The highest BCUT2D eigenvalue weighted by molar-refractivity contribution is 5.82. The van der Waals surface area contributed by atoms with E-state index in [1.165, 1.54) is 12.1 Å². The first-order valence-electron chi connectivity index (χ1n) is 7.98. The van der Waals surface area contributed by atoms with Gasteiger partial charge in [0.15, 0.2) is 0 Å². The lowest BCUT2D eigenvalue weighted by Crippen LogP contribution is -2.20. The summed E-state index contributed by atoms with van der Waals surface area (Å²) in [5, 5.41) is 9.85. The van der Waals surface area contributed by atoms with Gasteiger partial charge in [0, 0.05) is 6.54 Å². The fourth-order valence-corrected chi connectivity index (χ4v) is 2.67. The fraction of sp³-hybridized carbons (Fsp3) is 0.316. The second kappa shape index (κ2) is 6.19. The maximum absolute atomic E-state index is 12.7. The first kappa shape index (κ1) is 17.5. The SMILES string of the molecule is CC(C)(O)CCn1cnc2cc(-c3ccc(C(F)(F)F)cc3)ccc21. The van der Waals surface area contributed by atoms with Crippen LogP contribution in [0.1, 0.15) is 25.8 Å². The molecule has 0 aliphatic rings. The van der Waals surface area contributed by atoms with Crippen molar-refractivity contribution in [2.45, 2.75) is 38.6 Å². The lowest BCUT2D eigenvalue weighted by atomic mass is 10.0. The van der Waals surface area contributed by atoms with Crippen molar-refractivity contribution in [3.63, 3.8) is 0 Å². The standard InChI is InChI=1S/C19H19F3N2O/c1-18(2,25)9-10-24-12-23-16-11-14(5-8-17(16)24)13-3-6-15(7-4-13)19(20,21)22/h3-8,11-12,25H,9-10H2,1-2H3. The molecule has 0 aliphatic carbocycles. The van der Waals surface area contributed by atoms with Crippen molar-refractivity contribution < 1.29 is 18.3 Å². The molecule has 0 amide bonds. The molecule has 0 spiro atoms. The summed E-state index contributed by atoms with van der Waals surface area (Å²) in [7, 11) is 0. The van der Waals surface area contributed by atoms with Crippen molar-refractivity contribution in [1.29, 1.82) is 0 Å². The minimum absolute atomic E-state index is 0.596. The number of nitrogens with zero attached hydrogens (tertiary/aromatic N) is 2. The molecule has 0 radical (unpaired) electrons. The highest BCUT2D eigenvalue weighted by Crippen LogP contribution is 2.31. The molecule has 3 aromatic rings. The molecule has 0 fully saturated rings. The van der Waals surface area contributed by atoms with Crippen molar-refractivity contribution in [1.82, 2.24) is 9.55 Å². The summed E-state index contributed by atoms with van der Waals surface area (Å²) in [5.41, 5.74) is 1.81. The van der Waals surface area contributed by atoms with E-state index in [1.54, 1.807) is 20.2 Å². The highest BCUT2D eigenvalue weighted by atomic mass is 19.4. The van der Waals surface area contributed by atoms with Crippen molar-refractivity contribution in [2.75, 3.05) is 0 Å². The van der Waals surface area contributed by atoms with Gasteiger partial charge in [-0.15, -0.1) is 0 Å². The monoisotopic (exact) mass is 348 g/mol. The summed E-state index contributed by atoms with van der Waals surface area (Å²) in [4.78, 5) is 4.36. The maximum atomic E-state index is 12.7. The largest absolute Gasteiger partial charge is 0.416 e. The number of benzene rings is 2. The minimum atomic E-state index is -4.33. The van der Waals surface area contributed by atoms with E-state index in [2.05, 4.69) is 4.98 Å². The Kier molecular flexibility index (Phi) is 4.33. The van der Waals surface area contributed by atoms with Crippen LogP contribution in [0.4, 0.5) is 13.2 Å². The molecule has 6 heteroatoms. The Bertz CT molecular complexity index is 874. The van der Waals surface area contributed by atoms with Gasteiger partial charge in [-0.05, 0) is 55.7 Å². The average Bonchev–Trinajstić information content (AvgIpc) is 2.94. The zero-order valence-corrected chi connectivity index (χ0v) is 14.0. The molecule has 1 heterocycles. The molecule has 25 heavy (non-hydrogen) atoms. The smallest absolute Gasteiger partial charge is 0.390 e. The second-order valence-electron chi connectivity index (χ2n) is 6.78. The minimum Gasteiger partial charge on any atom is -0.390 e. The third kappa shape index (κ3) is 4.02. The Morgan fingerprint density at radius 3 is 2.24 bits per heavy atom. The van der Waals surface area contributed by atoms with Crippen LogP contribution in [0.2, 0.25) is 0 Å². The Morgan fingerprint density at radius 2 is 1.64 bits per heavy atom. The first-order chi connectivity index (χ1) is 11.6. The Labute approximate surface area is 143 Å². The van der Waals surface area contributed by atoms with Gasteiger partial charge in [0.25, 0.3) is 0 Å². The van der Waals surface area contributed by atoms with Crippen LogP contribution in [0.25, 0.3) is 22.2 Å². The average molecular weight is 348 g/mol. The van der Waals surface area contributed by atoms with Gasteiger partial charge in [-0.25, -0.2) is 4.98 Å². The fourth-order valence-electron chi connectivity index (χ4n) is 2.67. The van der Waals surface area contributed by atoms with Crippen LogP contribution in [-0.2, 0) is 12.7 Å². The molecule has 132 valence electrons. The molecule has 0 bridgehead atoms. The number of hydrogen-bond acceptors (Lipinski definition) is 2. The maximum Gasteiger partial charge on any atom is 0.416 e. The first-order valence-corrected chi connectivity index (χ1v) is 7.98. The highest BCUT2D eigenvalue weighted by Gasteiger charge is 2.29. The predicted octanol–water partition coefficient (Wildman–Crippen LogP) is 4.88. The molecule has 3 nitrogen and oxygen atoms in total. The van der Waals surface area contributed by atoms with Gasteiger partial charge in [-0.2, -0.15) is 13.2 Å². The van der Waals surface area contributed by atoms with Gasteiger partial charge < -0.3 is 9.67 Å². The topological polar surface area (TPSA) is 38.0 Å². The molecule has 0 saturated heterocycles. The van der Waals surface area contributed by atoms with Gasteiger partial charge in [0.1, 0.15) is 0 Å². The number of alkyl halides is 3. The van der Waals surface area contributed by atoms with Crippen LogP contribution in [0.15, 0.2) is 48.8 Å².